The van der Waals surface area contributed by atoms with Gasteiger partial charge in [0.15, 0.2) is 0 Å². The molecule has 0 fully saturated rings. The maximum Gasteiger partial charge on any atom is 0.0986 e. The number of halogens is 1. The van der Waals surface area contributed by atoms with Gasteiger partial charge in [0, 0.05) is 34.8 Å². The van der Waals surface area contributed by atoms with E-state index in [4.69, 9.17) is 11.6 Å². The zero-order valence-electron chi connectivity index (χ0n) is 14.1. The molecule has 26 heavy (non-hydrogen) atoms. The first kappa shape index (κ1) is 16.4. The average Bonchev–Trinajstić information content (AvgIpc) is 3.21. The minimum absolute atomic E-state index is 0.728. The fourth-order valence-electron chi connectivity index (χ4n) is 2.95. The van der Waals surface area contributed by atoms with E-state index in [1.54, 1.807) is 12.5 Å². The molecule has 4 rings (SSSR count). The van der Waals surface area contributed by atoms with Gasteiger partial charge in [0.2, 0.25) is 0 Å². The summed E-state index contributed by atoms with van der Waals surface area (Å²) in [6.07, 6.45) is 7.50. The molecule has 0 N–H and O–H groups in total. The van der Waals surface area contributed by atoms with E-state index in [0.717, 1.165) is 21.7 Å². The maximum absolute atomic E-state index is 6.47. The molecule has 0 spiro atoms. The van der Waals surface area contributed by atoms with Gasteiger partial charge >= 0.3 is 0 Å². The van der Waals surface area contributed by atoms with Crippen LogP contribution in [0.2, 0.25) is 5.02 Å². The van der Waals surface area contributed by atoms with E-state index in [9.17, 15) is 0 Å². The van der Waals surface area contributed by atoms with E-state index in [-0.39, 0.29) is 0 Å². The van der Waals surface area contributed by atoms with Crippen LogP contribution in [0.25, 0.3) is 22.9 Å². The molecule has 126 valence electrons. The fourth-order valence-corrected chi connectivity index (χ4v) is 3.18. The summed E-state index contributed by atoms with van der Waals surface area (Å²) >= 11 is 6.47. The van der Waals surface area contributed by atoms with Crippen LogP contribution < -0.4 is 0 Å². The Morgan fingerprint density at radius 3 is 2.19 bits per heavy atom. The first-order valence-electron chi connectivity index (χ1n) is 8.41. The normalized spacial score (nSPS) is 11.5. The van der Waals surface area contributed by atoms with E-state index >= 15 is 0 Å². The highest BCUT2D eigenvalue weighted by atomic mass is 35.5. The lowest BCUT2D eigenvalue weighted by Crippen LogP contribution is -1.93. The number of imidazole rings is 1. The predicted octanol–water partition coefficient (Wildman–Crippen LogP) is 6.25. The third kappa shape index (κ3) is 3.46. The summed E-state index contributed by atoms with van der Waals surface area (Å²) in [4.78, 5) is 4.12. The summed E-state index contributed by atoms with van der Waals surface area (Å²) in [5, 5.41) is 0.728. The van der Waals surface area contributed by atoms with Crippen LogP contribution in [-0.4, -0.2) is 9.55 Å². The molecule has 1 heterocycles. The average molecular weight is 357 g/mol. The Labute approximate surface area is 158 Å². The van der Waals surface area contributed by atoms with Crippen molar-refractivity contribution in [2.75, 3.05) is 0 Å². The summed E-state index contributed by atoms with van der Waals surface area (Å²) in [6.45, 7) is 0. The Balaban J connectivity index is 1.79. The molecule has 0 bridgehead atoms. The Kier molecular flexibility index (Phi) is 4.67. The number of aromatic nitrogens is 2. The van der Waals surface area contributed by atoms with Gasteiger partial charge in [-0.25, -0.2) is 4.98 Å². The molecule has 3 heteroatoms. The zero-order valence-corrected chi connectivity index (χ0v) is 14.8. The summed E-state index contributed by atoms with van der Waals surface area (Å²) in [5.74, 6) is 0. The smallest absolute Gasteiger partial charge is 0.0986 e. The van der Waals surface area contributed by atoms with Gasteiger partial charge in [-0.2, -0.15) is 0 Å². The van der Waals surface area contributed by atoms with Crippen LogP contribution >= 0.6 is 11.6 Å². The fraction of sp³-hybridized carbons (Fsp3) is 0. The molecule has 0 atom stereocenters. The summed E-state index contributed by atoms with van der Waals surface area (Å²) in [5.41, 5.74) is 5.54. The number of hydrogen-bond donors (Lipinski definition) is 0. The van der Waals surface area contributed by atoms with Gasteiger partial charge in [-0.15, -0.1) is 0 Å². The lowest BCUT2D eigenvalue weighted by molar-refractivity contribution is 1.14. The summed E-state index contributed by atoms with van der Waals surface area (Å²) in [6, 6.07) is 26.8. The second-order valence-corrected chi connectivity index (χ2v) is 6.38. The second kappa shape index (κ2) is 7.42. The van der Waals surface area contributed by atoms with Gasteiger partial charge in [-0.05, 0) is 22.8 Å². The molecule has 0 unspecified atom stereocenters. The van der Waals surface area contributed by atoms with Gasteiger partial charge in [0.25, 0.3) is 0 Å². The molecule has 0 radical (unpaired) electrons. The lowest BCUT2D eigenvalue weighted by Gasteiger charge is -2.12. The number of benzene rings is 3. The van der Waals surface area contributed by atoms with E-state index < -0.39 is 0 Å². The topological polar surface area (TPSA) is 17.8 Å². The van der Waals surface area contributed by atoms with Gasteiger partial charge in [0.05, 0.1) is 6.33 Å². The van der Waals surface area contributed by atoms with E-state index in [0.29, 0.717) is 0 Å². The third-order valence-electron chi connectivity index (χ3n) is 4.27. The third-order valence-corrected chi connectivity index (χ3v) is 4.60. The highest BCUT2D eigenvalue weighted by molar-refractivity contribution is 6.32. The van der Waals surface area contributed by atoms with Crippen LogP contribution in [0.15, 0.2) is 97.6 Å². The summed E-state index contributed by atoms with van der Waals surface area (Å²) < 4.78 is 1.93. The van der Waals surface area contributed by atoms with Crippen LogP contribution in [0.5, 0.6) is 0 Å². The zero-order chi connectivity index (χ0) is 17.8. The molecule has 0 saturated heterocycles. The highest BCUT2D eigenvalue weighted by Gasteiger charge is 2.10. The van der Waals surface area contributed by atoms with Crippen molar-refractivity contribution in [2.24, 2.45) is 0 Å². The largest absolute Gasteiger partial charge is 0.312 e. The van der Waals surface area contributed by atoms with Crippen molar-refractivity contribution in [3.8, 4) is 11.1 Å². The van der Waals surface area contributed by atoms with Crippen molar-refractivity contribution >= 4 is 23.4 Å². The number of rotatable bonds is 4. The van der Waals surface area contributed by atoms with E-state index in [1.165, 1.54) is 11.1 Å². The summed E-state index contributed by atoms with van der Waals surface area (Å²) in [7, 11) is 0. The van der Waals surface area contributed by atoms with Gasteiger partial charge in [-0.3, -0.25) is 0 Å². The molecule has 0 aliphatic rings. The first-order valence-corrected chi connectivity index (χ1v) is 8.79. The minimum Gasteiger partial charge on any atom is -0.312 e. The van der Waals surface area contributed by atoms with Crippen LogP contribution in [0, 0.1) is 0 Å². The molecule has 2 nitrogen and oxygen atoms in total. The van der Waals surface area contributed by atoms with Crippen LogP contribution in [0.1, 0.15) is 11.1 Å². The van der Waals surface area contributed by atoms with Crippen molar-refractivity contribution in [3.05, 3.63) is 114 Å². The number of hydrogen-bond acceptors (Lipinski definition) is 1. The monoisotopic (exact) mass is 356 g/mol. The van der Waals surface area contributed by atoms with Gasteiger partial charge in [0.1, 0.15) is 0 Å². The van der Waals surface area contributed by atoms with Crippen molar-refractivity contribution in [1.82, 2.24) is 9.55 Å². The Bertz CT molecular complexity index is 1020. The lowest BCUT2D eigenvalue weighted by atomic mass is 9.96. The minimum atomic E-state index is 0.728. The van der Waals surface area contributed by atoms with Crippen molar-refractivity contribution in [1.29, 1.82) is 0 Å². The van der Waals surface area contributed by atoms with Crippen molar-refractivity contribution in [3.63, 3.8) is 0 Å². The Morgan fingerprint density at radius 1 is 0.808 bits per heavy atom. The standard InChI is InChI=1S/C23H17ClN2/c24-23-9-5-4-8-21(23)22(16-26-15-14-25-17-26)20-12-10-19(11-13-20)18-6-2-1-3-7-18/h1-17H. The quantitative estimate of drug-likeness (QED) is 0.422. The molecular formula is C23H17ClN2. The molecule has 0 aliphatic carbocycles. The first-order chi connectivity index (χ1) is 12.8. The second-order valence-electron chi connectivity index (χ2n) is 5.98. The molecule has 4 aromatic rings. The molecule has 0 aliphatic heterocycles. The number of nitrogens with zero attached hydrogens (tertiary/aromatic N) is 2. The maximum atomic E-state index is 6.47. The Hall–Kier alpha value is -3.10. The highest BCUT2D eigenvalue weighted by Crippen LogP contribution is 2.31. The van der Waals surface area contributed by atoms with Crippen LogP contribution in [0.3, 0.4) is 0 Å². The Morgan fingerprint density at radius 2 is 1.50 bits per heavy atom. The molecule has 0 amide bonds. The van der Waals surface area contributed by atoms with Gasteiger partial charge in [-0.1, -0.05) is 84.4 Å². The molecular weight excluding hydrogens is 340 g/mol. The van der Waals surface area contributed by atoms with Crippen molar-refractivity contribution in [2.45, 2.75) is 0 Å². The van der Waals surface area contributed by atoms with E-state index in [1.807, 2.05) is 47.3 Å². The van der Waals surface area contributed by atoms with Crippen LogP contribution in [-0.2, 0) is 0 Å². The van der Waals surface area contributed by atoms with Crippen molar-refractivity contribution < 1.29 is 0 Å². The molecule has 0 saturated carbocycles. The SMILES string of the molecule is Clc1ccccc1C(=Cn1ccnc1)c1ccc(-c2ccccc2)cc1. The van der Waals surface area contributed by atoms with Crippen LogP contribution in [0.4, 0.5) is 0 Å². The van der Waals surface area contributed by atoms with Gasteiger partial charge < -0.3 is 4.57 Å². The molecule has 1 aromatic heterocycles. The molecule has 3 aromatic carbocycles. The predicted molar refractivity (Wildman–Crippen MR) is 109 cm³/mol. The van der Waals surface area contributed by atoms with E-state index in [2.05, 4.69) is 53.5 Å².